The highest BCUT2D eigenvalue weighted by atomic mass is 15.2. The first-order chi connectivity index (χ1) is 8.83. The molecule has 0 radical (unpaired) electrons. The molecule has 0 aliphatic carbocycles. The molecule has 2 aliphatic rings. The molecule has 2 fully saturated rings. The van der Waals surface area contributed by atoms with Crippen molar-refractivity contribution in [2.24, 2.45) is 0 Å². The van der Waals surface area contributed by atoms with E-state index >= 15 is 0 Å². The quantitative estimate of drug-likeness (QED) is 0.884. The minimum Gasteiger partial charge on any atom is -0.312 e. The molecule has 2 unspecified atom stereocenters. The molecule has 3 rings (SSSR count). The highest BCUT2D eigenvalue weighted by Crippen LogP contribution is 2.26. The van der Waals surface area contributed by atoms with Crippen molar-refractivity contribution >= 4 is 0 Å². The van der Waals surface area contributed by atoms with Gasteiger partial charge >= 0.3 is 0 Å². The minimum absolute atomic E-state index is 0.720. The van der Waals surface area contributed by atoms with Crippen LogP contribution in [0.2, 0.25) is 0 Å². The Morgan fingerprint density at radius 2 is 2.28 bits per heavy atom. The number of hydrogen-bond donors (Lipinski definition) is 1. The van der Waals surface area contributed by atoms with Crippen LogP contribution < -0.4 is 5.32 Å². The van der Waals surface area contributed by atoms with Gasteiger partial charge in [-0.25, -0.2) is 0 Å². The summed E-state index contributed by atoms with van der Waals surface area (Å²) in [6.07, 6.45) is 5.39. The molecule has 1 aromatic rings. The fraction of sp³-hybridized carbons (Fsp3) is 0.667. The SMILES string of the molecule is Cc1cccc(CN2CCCC2C2CCCN2)n1. The Morgan fingerprint density at radius 1 is 1.33 bits per heavy atom. The summed E-state index contributed by atoms with van der Waals surface area (Å²) in [5.41, 5.74) is 2.35. The maximum atomic E-state index is 4.64. The molecule has 98 valence electrons. The number of aryl methyl sites for hydroxylation is 1. The number of rotatable bonds is 3. The van der Waals surface area contributed by atoms with Gasteiger partial charge in [0.05, 0.1) is 5.69 Å². The zero-order valence-corrected chi connectivity index (χ0v) is 11.2. The standard InChI is InChI=1S/C15H23N3/c1-12-5-2-6-13(17-12)11-18-10-4-8-15(18)14-7-3-9-16-14/h2,5-6,14-16H,3-4,7-11H2,1H3. The lowest BCUT2D eigenvalue weighted by molar-refractivity contribution is 0.204. The van der Waals surface area contributed by atoms with Gasteiger partial charge < -0.3 is 5.32 Å². The molecule has 0 spiro atoms. The third-order valence-corrected chi connectivity index (χ3v) is 4.29. The zero-order valence-electron chi connectivity index (χ0n) is 11.2. The summed E-state index contributed by atoms with van der Waals surface area (Å²) in [5.74, 6) is 0. The average Bonchev–Trinajstić information content (AvgIpc) is 2.98. The fourth-order valence-corrected chi connectivity index (χ4v) is 3.44. The Labute approximate surface area is 110 Å². The van der Waals surface area contributed by atoms with E-state index < -0.39 is 0 Å². The van der Waals surface area contributed by atoms with E-state index in [4.69, 9.17) is 0 Å². The van der Waals surface area contributed by atoms with Crippen LogP contribution in [0.25, 0.3) is 0 Å². The monoisotopic (exact) mass is 245 g/mol. The Balaban J connectivity index is 1.67. The first kappa shape index (κ1) is 12.1. The van der Waals surface area contributed by atoms with Gasteiger partial charge in [-0.05, 0) is 57.8 Å². The number of pyridine rings is 1. The van der Waals surface area contributed by atoms with E-state index in [9.17, 15) is 0 Å². The molecule has 3 heterocycles. The first-order valence-electron chi connectivity index (χ1n) is 7.23. The third-order valence-electron chi connectivity index (χ3n) is 4.29. The average molecular weight is 245 g/mol. The second kappa shape index (κ2) is 5.37. The predicted octanol–water partition coefficient (Wildman–Crippen LogP) is 2.11. The van der Waals surface area contributed by atoms with Gasteiger partial charge in [0.25, 0.3) is 0 Å². The van der Waals surface area contributed by atoms with Crippen LogP contribution in [0, 0.1) is 6.92 Å². The Bertz CT molecular complexity index is 398. The van der Waals surface area contributed by atoms with Crippen molar-refractivity contribution < 1.29 is 0 Å². The third kappa shape index (κ3) is 2.57. The van der Waals surface area contributed by atoms with Crippen molar-refractivity contribution in [2.75, 3.05) is 13.1 Å². The van der Waals surface area contributed by atoms with Crippen molar-refractivity contribution in [2.45, 2.75) is 51.2 Å². The van der Waals surface area contributed by atoms with Crippen molar-refractivity contribution in [3.63, 3.8) is 0 Å². The maximum absolute atomic E-state index is 4.64. The van der Waals surface area contributed by atoms with E-state index in [0.29, 0.717) is 0 Å². The van der Waals surface area contributed by atoms with Crippen LogP contribution in [-0.4, -0.2) is 35.1 Å². The Hall–Kier alpha value is -0.930. The highest BCUT2D eigenvalue weighted by molar-refractivity contribution is 5.10. The lowest BCUT2D eigenvalue weighted by Gasteiger charge is -2.29. The number of likely N-dealkylation sites (tertiary alicyclic amines) is 1. The minimum atomic E-state index is 0.720. The number of aromatic nitrogens is 1. The van der Waals surface area contributed by atoms with E-state index in [2.05, 4.69) is 40.3 Å². The van der Waals surface area contributed by atoms with E-state index in [0.717, 1.165) is 24.3 Å². The second-order valence-electron chi connectivity index (χ2n) is 5.65. The van der Waals surface area contributed by atoms with Gasteiger partial charge in [0, 0.05) is 24.3 Å². The molecule has 1 N–H and O–H groups in total. The summed E-state index contributed by atoms with van der Waals surface area (Å²) in [7, 11) is 0. The summed E-state index contributed by atoms with van der Waals surface area (Å²) in [6.45, 7) is 5.53. The fourth-order valence-electron chi connectivity index (χ4n) is 3.44. The number of nitrogens with zero attached hydrogens (tertiary/aromatic N) is 2. The van der Waals surface area contributed by atoms with Crippen LogP contribution in [0.15, 0.2) is 18.2 Å². The summed E-state index contributed by atoms with van der Waals surface area (Å²) < 4.78 is 0. The van der Waals surface area contributed by atoms with Gasteiger partial charge in [-0.2, -0.15) is 0 Å². The molecule has 3 heteroatoms. The molecule has 0 bridgehead atoms. The van der Waals surface area contributed by atoms with Crippen molar-refractivity contribution in [3.05, 3.63) is 29.6 Å². The van der Waals surface area contributed by atoms with Crippen molar-refractivity contribution in [1.82, 2.24) is 15.2 Å². The first-order valence-corrected chi connectivity index (χ1v) is 7.23. The van der Waals surface area contributed by atoms with Crippen LogP contribution in [0.1, 0.15) is 37.1 Å². The summed E-state index contributed by atoms with van der Waals surface area (Å²) in [5, 5.41) is 3.66. The predicted molar refractivity (Wildman–Crippen MR) is 73.4 cm³/mol. The van der Waals surface area contributed by atoms with Gasteiger partial charge in [-0.15, -0.1) is 0 Å². The number of nitrogens with one attached hydrogen (secondary N) is 1. The second-order valence-corrected chi connectivity index (χ2v) is 5.65. The molecule has 1 aromatic heterocycles. The summed E-state index contributed by atoms with van der Waals surface area (Å²) >= 11 is 0. The molecule has 2 saturated heterocycles. The van der Waals surface area contributed by atoms with E-state index in [1.165, 1.54) is 44.5 Å². The molecular weight excluding hydrogens is 222 g/mol. The van der Waals surface area contributed by atoms with Gasteiger partial charge in [-0.3, -0.25) is 9.88 Å². The van der Waals surface area contributed by atoms with Gasteiger partial charge in [0.15, 0.2) is 0 Å². The molecular formula is C15H23N3. The normalized spacial score (nSPS) is 28.9. The highest BCUT2D eigenvalue weighted by Gasteiger charge is 2.33. The van der Waals surface area contributed by atoms with Gasteiger partial charge in [-0.1, -0.05) is 6.07 Å². The maximum Gasteiger partial charge on any atom is 0.0547 e. The summed E-state index contributed by atoms with van der Waals surface area (Å²) in [6, 6.07) is 7.80. The topological polar surface area (TPSA) is 28.2 Å². The van der Waals surface area contributed by atoms with Gasteiger partial charge in [0.1, 0.15) is 0 Å². The number of hydrogen-bond acceptors (Lipinski definition) is 3. The molecule has 0 amide bonds. The Morgan fingerprint density at radius 3 is 3.06 bits per heavy atom. The van der Waals surface area contributed by atoms with Gasteiger partial charge in [0.2, 0.25) is 0 Å². The Kier molecular flexibility index (Phi) is 3.62. The molecule has 2 atom stereocenters. The summed E-state index contributed by atoms with van der Waals surface area (Å²) in [4.78, 5) is 7.27. The molecule has 3 nitrogen and oxygen atoms in total. The van der Waals surface area contributed by atoms with Crippen LogP contribution in [0.4, 0.5) is 0 Å². The molecule has 2 aliphatic heterocycles. The van der Waals surface area contributed by atoms with Crippen LogP contribution in [0.3, 0.4) is 0 Å². The zero-order chi connectivity index (χ0) is 12.4. The van der Waals surface area contributed by atoms with E-state index in [-0.39, 0.29) is 0 Å². The lowest BCUT2D eigenvalue weighted by atomic mass is 10.0. The molecule has 0 aromatic carbocycles. The molecule has 0 saturated carbocycles. The smallest absolute Gasteiger partial charge is 0.0547 e. The van der Waals surface area contributed by atoms with Crippen LogP contribution in [-0.2, 0) is 6.54 Å². The van der Waals surface area contributed by atoms with E-state index in [1.54, 1.807) is 0 Å². The van der Waals surface area contributed by atoms with Crippen molar-refractivity contribution in [3.8, 4) is 0 Å². The van der Waals surface area contributed by atoms with E-state index in [1.807, 2.05) is 0 Å². The van der Waals surface area contributed by atoms with Crippen LogP contribution >= 0.6 is 0 Å². The molecule has 18 heavy (non-hydrogen) atoms. The largest absolute Gasteiger partial charge is 0.312 e. The lowest BCUT2D eigenvalue weighted by Crippen LogP contribution is -2.43. The van der Waals surface area contributed by atoms with Crippen molar-refractivity contribution in [1.29, 1.82) is 0 Å². The van der Waals surface area contributed by atoms with Crippen LogP contribution in [0.5, 0.6) is 0 Å².